The fourth-order valence-corrected chi connectivity index (χ4v) is 2.99. The third-order valence-electron chi connectivity index (χ3n) is 2.56. The number of aromatic nitrogens is 2. The van der Waals surface area contributed by atoms with Crippen LogP contribution in [-0.4, -0.2) is 9.97 Å². The maximum atomic E-state index is 11.5. The normalized spacial score (nSPS) is 15.3. The van der Waals surface area contributed by atoms with Crippen LogP contribution in [0.15, 0.2) is 26.8 Å². The second-order valence-electron chi connectivity index (χ2n) is 3.92. The Labute approximate surface area is 105 Å². The van der Waals surface area contributed by atoms with Crippen LogP contribution in [0.5, 0.6) is 0 Å². The molecular weight excluding hydrogens is 288 g/mol. The van der Waals surface area contributed by atoms with Gasteiger partial charge in [-0.15, -0.1) is 11.3 Å². The molecule has 82 valence electrons. The molecule has 16 heavy (non-hydrogen) atoms. The van der Waals surface area contributed by atoms with Crippen molar-refractivity contribution in [3.8, 4) is 10.7 Å². The lowest BCUT2D eigenvalue weighted by Gasteiger charge is -2.00. The molecular formula is C11H9BrN2OS. The second-order valence-corrected chi connectivity index (χ2v) is 5.75. The molecule has 1 aliphatic carbocycles. The molecule has 2 heterocycles. The molecule has 0 bridgehead atoms. The van der Waals surface area contributed by atoms with Gasteiger partial charge in [0.2, 0.25) is 0 Å². The highest BCUT2D eigenvalue weighted by Gasteiger charge is 2.26. The Morgan fingerprint density at radius 1 is 1.44 bits per heavy atom. The van der Waals surface area contributed by atoms with Gasteiger partial charge < -0.3 is 4.98 Å². The van der Waals surface area contributed by atoms with Crippen molar-refractivity contribution in [3.63, 3.8) is 0 Å². The quantitative estimate of drug-likeness (QED) is 0.925. The number of thiophene rings is 1. The van der Waals surface area contributed by atoms with Gasteiger partial charge in [-0.2, -0.15) is 0 Å². The average Bonchev–Trinajstić information content (AvgIpc) is 3.01. The summed E-state index contributed by atoms with van der Waals surface area (Å²) in [4.78, 5) is 19.8. The summed E-state index contributed by atoms with van der Waals surface area (Å²) >= 11 is 4.97. The molecule has 1 aliphatic rings. The van der Waals surface area contributed by atoms with Crippen LogP contribution in [0, 0.1) is 0 Å². The average molecular weight is 297 g/mol. The predicted octanol–water partition coefficient (Wildman–Crippen LogP) is 3.14. The van der Waals surface area contributed by atoms with E-state index in [-0.39, 0.29) is 5.56 Å². The molecule has 2 aromatic heterocycles. The van der Waals surface area contributed by atoms with Crippen LogP contribution in [0.25, 0.3) is 10.7 Å². The second kappa shape index (κ2) is 3.82. The Balaban J connectivity index is 2.09. The number of hydrogen-bond acceptors (Lipinski definition) is 3. The molecule has 1 fully saturated rings. The zero-order valence-electron chi connectivity index (χ0n) is 8.37. The summed E-state index contributed by atoms with van der Waals surface area (Å²) in [5.41, 5.74) is 0.875. The van der Waals surface area contributed by atoms with Crippen molar-refractivity contribution in [1.29, 1.82) is 0 Å². The van der Waals surface area contributed by atoms with Gasteiger partial charge >= 0.3 is 0 Å². The first-order chi connectivity index (χ1) is 7.72. The minimum Gasteiger partial charge on any atom is -0.306 e. The summed E-state index contributed by atoms with van der Waals surface area (Å²) in [6.07, 6.45) is 2.31. The first kappa shape index (κ1) is 10.2. The van der Waals surface area contributed by atoms with E-state index < -0.39 is 0 Å². The fraction of sp³-hybridized carbons (Fsp3) is 0.273. The molecule has 3 rings (SSSR count). The van der Waals surface area contributed by atoms with Crippen molar-refractivity contribution < 1.29 is 0 Å². The predicted molar refractivity (Wildman–Crippen MR) is 67.8 cm³/mol. The zero-order valence-corrected chi connectivity index (χ0v) is 10.8. The summed E-state index contributed by atoms with van der Waals surface area (Å²) in [6.45, 7) is 0. The summed E-state index contributed by atoms with van der Waals surface area (Å²) in [5, 5.41) is 1.99. The van der Waals surface area contributed by atoms with Crippen LogP contribution >= 0.6 is 27.3 Å². The van der Waals surface area contributed by atoms with Crippen LogP contribution in [0.2, 0.25) is 0 Å². The SMILES string of the molecule is O=c1cc(C2CC2)nc(-c2cc(Br)cs2)[nH]1. The summed E-state index contributed by atoms with van der Waals surface area (Å²) < 4.78 is 1.02. The molecule has 5 heteroatoms. The van der Waals surface area contributed by atoms with Crippen LogP contribution in [-0.2, 0) is 0 Å². The lowest BCUT2D eigenvalue weighted by Crippen LogP contribution is -2.09. The first-order valence-corrected chi connectivity index (χ1v) is 6.75. The highest BCUT2D eigenvalue weighted by Crippen LogP contribution is 2.39. The molecule has 0 saturated heterocycles. The number of nitrogens with one attached hydrogen (secondary N) is 1. The van der Waals surface area contributed by atoms with Crippen LogP contribution in [0.4, 0.5) is 0 Å². The molecule has 1 saturated carbocycles. The van der Waals surface area contributed by atoms with E-state index in [4.69, 9.17) is 0 Å². The summed E-state index contributed by atoms with van der Waals surface area (Å²) in [6, 6.07) is 3.59. The van der Waals surface area contributed by atoms with Crippen molar-refractivity contribution in [3.05, 3.63) is 38.0 Å². The fourth-order valence-electron chi connectivity index (χ4n) is 1.62. The van der Waals surface area contributed by atoms with E-state index in [0.717, 1.165) is 27.9 Å². The Kier molecular flexibility index (Phi) is 2.44. The van der Waals surface area contributed by atoms with Gasteiger partial charge in [0.1, 0.15) is 0 Å². The molecule has 0 aromatic carbocycles. The molecule has 0 radical (unpaired) electrons. The van der Waals surface area contributed by atoms with Gasteiger partial charge in [0.25, 0.3) is 5.56 Å². The number of H-pyrrole nitrogens is 1. The van der Waals surface area contributed by atoms with Gasteiger partial charge in [0, 0.05) is 21.8 Å². The van der Waals surface area contributed by atoms with E-state index >= 15 is 0 Å². The lowest BCUT2D eigenvalue weighted by molar-refractivity contribution is 0.979. The topological polar surface area (TPSA) is 45.8 Å². The number of hydrogen-bond donors (Lipinski definition) is 1. The van der Waals surface area contributed by atoms with Gasteiger partial charge in [-0.3, -0.25) is 4.79 Å². The molecule has 0 aliphatic heterocycles. The van der Waals surface area contributed by atoms with Crippen molar-refractivity contribution in [2.75, 3.05) is 0 Å². The van der Waals surface area contributed by atoms with E-state index in [2.05, 4.69) is 25.9 Å². The smallest absolute Gasteiger partial charge is 0.251 e. The monoisotopic (exact) mass is 296 g/mol. The van der Waals surface area contributed by atoms with Crippen molar-refractivity contribution in [1.82, 2.24) is 9.97 Å². The molecule has 0 amide bonds. The Hall–Kier alpha value is -0.940. The maximum absolute atomic E-state index is 11.5. The van der Waals surface area contributed by atoms with Crippen LogP contribution < -0.4 is 5.56 Å². The Morgan fingerprint density at radius 3 is 2.88 bits per heavy atom. The summed E-state index contributed by atoms with van der Waals surface area (Å²) in [5.74, 6) is 1.19. The number of halogens is 1. The van der Waals surface area contributed by atoms with Gasteiger partial charge in [-0.05, 0) is 34.8 Å². The van der Waals surface area contributed by atoms with Crippen molar-refractivity contribution >= 4 is 27.3 Å². The number of rotatable bonds is 2. The minimum absolute atomic E-state index is 0.0589. The van der Waals surface area contributed by atoms with Crippen molar-refractivity contribution in [2.45, 2.75) is 18.8 Å². The van der Waals surface area contributed by atoms with E-state index in [1.807, 2.05) is 11.4 Å². The lowest BCUT2D eigenvalue weighted by atomic mass is 10.3. The molecule has 1 N–H and O–H groups in total. The van der Waals surface area contributed by atoms with E-state index in [1.54, 1.807) is 17.4 Å². The van der Waals surface area contributed by atoms with Gasteiger partial charge in [-0.25, -0.2) is 4.98 Å². The van der Waals surface area contributed by atoms with Gasteiger partial charge in [-0.1, -0.05) is 0 Å². The highest BCUT2D eigenvalue weighted by molar-refractivity contribution is 9.10. The van der Waals surface area contributed by atoms with Crippen LogP contribution in [0.1, 0.15) is 24.5 Å². The Bertz CT molecular complexity index is 586. The van der Waals surface area contributed by atoms with Gasteiger partial charge in [0.15, 0.2) is 5.82 Å². The first-order valence-electron chi connectivity index (χ1n) is 5.08. The number of nitrogens with zero attached hydrogens (tertiary/aromatic N) is 1. The maximum Gasteiger partial charge on any atom is 0.251 e. The molecule has 0 unspecified atom stereocenters. The largest absolute Gasteiger partial charge is 0.306 e. The standard InChI is InChI=1S/C11H9BrN2OS/c12-7-3-9(16-5-7)11-13-8(6-1-2-6)4-10(15)14-11/h3-6H,1-2H2,(H,13,14,15). The van der Waals surface area contributed by atoms with E-state index in [0.29, 0.717) is 11.7 Å². The van der Waals surface area contributed by atoms with Crippen molar-refractivity contribution in [2.24, 2.45) is 0 Å². The Morgan fingerprint density at radius 2 is 2.25 bits per heavy atom. The molecule has 3 nitrogen and oxygen atoms in total. The van der Waals surface area contributed by atoms with E-state index in [9.17, 15) is 4.79 Å². The minimum atomic E-state index is -0.0589. The third kappa shape index (κ3) is 1.97. The molecule has 0 atom stereocenters. The number of aromatic amines is 1. The van der Waals surface area contributed by atoms with E-state index in [1.165, 1.54) is 0 Å². The molecule has 2 aromatic rings. The zero-order chi connectivity index (χ0) is 11.1. The van der Waals surface area contributed by atoms with Crippen LogP contribution in [0.3, 0.4) is 0 Å². The summed E-state index contributed by atoms with van der Waals surface area (Å²) in [7, 11) is 0. The highest BCUT2D eigenvalue weighted by atomic mass is 79.9. The molecule has 0 spiro atoms. The van der Waals surface area contributed by atoms with Gasteiger partial charge in [0.05, 0.1) is 10.6 Å². The third-order valence-corrected chi connectivity index (χ3v) is 4.26.